The number of para-hydroxylation sites is 1. The lowest BCUT2D eigenvalue weighted by atomic mass is 10.0. The average Bonchev–Trinajstić information content (AvgIpc) is 3.28. The van der Waals surface area contributed by atoms with E-state index in [4.69, 9.17) is 4.74 Å². The third-order valence-electron chi connectivity index (χ3n) is 4.06. The minimum absolute atomic E-state index is 0.330. The van der Waals surface area contributed by atoms with Crippen LogP contribution in [0.15, 0.2) is 24.3 Å². The number of likely N-dealkylation sites (N-methyl/N-ethyl adjacent to an activating group) is 1. The van der Waals surface area contributed by atoms with Crippen molar-refractivity contribution >= 4 is 0 Å². The van der Waals surface area contributed by atoms with Crippen LogP contribution < -0.4 is 10.1 Å². The van der Waals surface area contributed by atoms with Gasteiger partial charge < -0.3 is 15.0 Å². The second kappa shape index (κ2) is 7.65. The summed E-state index contributed by atoms with van der Waals surface area (Å²) in [4.78, 5) is 2.60. The average molecular weight is 276 g/mol. The molecule has 1 unspecified atom stereocenters. The van der Waals surface area contributed by atoms with Crippen molar-refractivity contribution in [2.45, 2.75) is 32.2 Å². The molecule has 0 bridgehead atoms. The first-order valence-electron chi connectivity index (χ1n) is 7.81. The van der Waals surface area contributed by atoms with Crippen LogP contribution in [0.4, 0.5) is 0 Å². The summed E-state index contributed by atoms with van der Waals surface area (Å²) in [6, 6.07) is 8.67. The predicted octanol–water partition coefficient (Wildman–Crippen LogP) is 3.08. The lowest BCUT2D eigenvalue weighted by molar-refractivity contribution is 0.235. The van der Waals surface area contributed by atoms with Crippen molar-refractivity contribution < 1.29 is 4.74 Å². The molecule has 1 fully saturated rings. The molecule has 0 heterocycles. The molecule has 112 valence electrons. The highest BCUT2D eigenvalue weighted by atomic mass is 16.5. The predicted molar refractivity (Wildman–Crippen MR) is 84.2 cm³/mol. The summed E-state index contributed by atoms with van der Waals surface area (Å²) in [6.07, 6.45) is 4.05. The summed E-state index contributed by atoms with van der Waals surface area (Å²) in [6.45, 7) is 5.75. The molecule has 0 aliphatic heterocycles. The molecule has 3 heteroatoms. The zero-order chi connectivity index (χ0) is 14.4. The van der Waals surface area contributed by atoms with Gasteiger partial charge in [0.1, 0.15) is 5.75 Å². The van der Waals surface area contributed by atoms with E-state index in [0.717, 1.165) is 18.2 Å². The summed E-state index contributed by atoms with van der Waals surface area (Å²) in [7, 11) is 3.79. The van der Waals surface area contributed by atoms with Crippen LogP contribution in [-0.4, -0.2) is 38.7 Å². The first-order valence-corrected chi connectivity index (χ1v) is 7.81. The van der Waals surface area contributed by atoms with Gasteiger partial charge in [-0.05, 0) is 44.8 Å². The van der Waals surface area contributed by atoms with E-state index in [1.54, 1.807) is 7.11 Å². The maximum atomic E-state index is 5.50. The van der Waals surface area contributed by atoms with Crippen molar-refractivity contribution in [1.82, 2.24) is 10.2 Å². The minimum atomic E-state index is 0.330. The smallest absolute Gasteiger partial charge is 0.123 e. The van der Waals surface area contributed by atoms with Gasteiger partial charge in [0.15, 0.2) is 0 Å². The Kier molecular flexibility index (Phi) is 5.86. The Hall–Kier alpha value is -1.06. The summed E-state index contributed by atoms with van der Waals surface area (Å²) >= 11 is 0. The van der Waals surface area contributed by atoms with Gasteiger partial charge in [-0.1, -0.05) is 25.1 Å². The van der Waals surface area contributed by atoms with E-state index < -0.39 is 0 Å². The Morgan fingerprint density at radius 1 is 1.35 bits per heavy atom. The highest BCUT2D eigenvalue weighted by Crippen LogP contribution is 2.31. The molecule has 1 aliphatic carbocycles. The first-order chi connectivity index (χ1) is 9.78. The largest absolute Gasteiger partial charge is 0.496 e. The number of ether oxygens (including phenoxy) is 1. The molecule has 0 spiro atoms. The topological polar surface area (TPSA) is 24.5 Å². The standard InChI is InChI=1S/C17H28N2O/c1-4-11-19(12-14-9-10-14)13-16(18-2)15-7-5-6-8-17(15)20-3/h5-8,14,16,18H,4,9-13H2,1-3H3. The van der Waals surface area contributed by atoms with Gasteiger partial charge in [-0.3, -0.25) is 0 Å². The Balaban J connectivity index is 2.05. The minimum Gasteiger partial charge on any atom is -0.496 e. The number of methoxy groups -OCH3 is 1. The number of nitrogens with zero attached hydrogens (tertiary/aromatic N) is 1. The number of rotatable bonds is 9. The van der Waals surface area contributed by atoms with Crippen molar-refractivity contribution in [2.75, 3.05) is 33.8 Å². The van der Waals surface area contributed by atoms with E-state index in [-0.39, 0.29) is 0 Å². The molecule has 1 N–H and O–H groups in total. The van der Waals surface area contributed by atoms with E-state index in [9.17, 15) is 0 Å². The zero-order valence-electron chi connectivity index (χ0n) is 13.1. The molecule has 20 heavy (non-hydrogen) atoms. The highest BCUT2D eigenvalue weighted by Gasteiger charge is 2.25. The molecule has 1 atom stereocenters. The molecule has 1 aliphatic rings. The summed E-state index contributed by atoms with van der Waals surface area (Å²) in [5.41, 5.74) is 1.26. The lowest BCUT2D eigenvalue weighted by Crippen LogP contribution is -2.35. The van der Waals surface area contributed by atoms with E-state index in [2.05, 4.69) is 29.3 Å². The Bertz CT molecular complexity index is 404. The van der Waals surface area contributed by atoms with Crippen LogP contribution in [0.3, 0.4) is 0 Å². The van der Waals surface area contributed by atoms with Crippen molar-refractivity contribution in [2.24, 2.45) is 5.92 Å². The molecule has 1 aromatic carbocycles. The molecule has 0 radical (unpaired) electrons. The Morgan fingerprint density at radius 2 is 2.10 bits per heavy atom. The maximum absolute atomic E-state index is 5.50. The van der Waals surface area contributed by atoms with Gasteiger partial charge in [0, 0.05) is 24.7 Å². The van der Waals surface area contributed by atoms with Gasteiger partial charge in [-0.2, -0.15) is 0 Å². The van der Waals surface area contributed by atoms with Gasteiger partial charge in [0.2, 0.25) is 0 Å². The normalized spacial score (nSPS) is 16.4. The molecule has 3 nitrogen and oxygen atoms in total. The quantitative estimate of drug-likeness (QED) is 0.750. The van der Waals surface area contributed by atoms with Crippen LogP contribution in [-0.2, 0) is 0 Å². The van der Waals surface area contributed by atoms with Gasteiger partial charge >= 0.3 is 0 Å². The lowest BCUT2D eigenvalue weighted by Gasteiger charge is -2.28. The van der Waals surface area contributed by atoms with Crippen LogP contribution in [0.25, 0.3) is 0 Å². The highest BCUT2D eigenvalue weighted by molar-refractivity contribution is 5.36. The van der Waals surface area contributed by atoms with Crippen LogP contribution in [0.5, 0.6) is 5.75 Å². The van der Waals surface area contributed by atoms with Crippen LogP contribution in [0, 0.1) is 5.92 Å². The van der Waals surface area contributed by atoms with Crippen LogP contribution >= 0.6 is 0 Å². The van der Waals surface area contributed by atoms with Gasteiger partial charge in [0.05, 0.1) is 7.11 Å². The van der Waals surface area contributed by atoms with Crippen LogP contribution in [0.2, 0.25) is 0 Å². The maximum Gasteiger partial charge on any atom is 0.123 e. The SMILES string of the molecule is CCCN(CC1CC1)CC(NC)c1ccccc1OC. The number of hydrogen-bond donors (Lipinski definition) is 1. The number of nitrogens with one attached hydrogen (secondary N) is 1. The van der Waals surface area contributed by atoms with Crippen molar-refractivity contribution in [3.63, 3.8) is 0 Å². The third-order valence-corrected chi connectivity index (χ3v) is 4.06. The van der Waals surface area contributed by atoms with Gasteiger partial charge in [-0.15, -0.1) is 0 Å². The molecule has 1 aromatic rings. The summed E-state index contributed by atoms with van der Waals surface area (Å²) in [5.74, 6) is 1.92. The molecule has 1 saturated carbocycles. The van der Waals surface area contributed by atoms with Crippen LogP contribution in [0.1, 0.15) is 37.8 Å². The van der Waals surface area contributed by atoms with E-state index in [0.29, 0.717) is 6.04 Å². The molecule has 0 aromatic heterocycles. The second-order valence-electron chi connectivity index (χ2n) is 5.79. The van der Waals surface area contributed by atoms with E-state index >= 15 is 0 Å². The molecule has 0 saturated heterocycles. The molecular formula is C17H28N2O. The van der Waals surface area contributed by atoms with E-state index in [1.165, 1.54) is 37.9 Å². The van der Waals surface area contributed by atoms with E-state index in [1.807, 2.05) is 19.2 Å². The second-order valence-corrected chi connectivity index (χ2v) is 5.79. The first kappa shape index (κ1) is 15.3. The molecule has 2 rings (SSSR count). The van der Waals surface area contributed by atoms with Crippen molar-refractivity contribution in [3.05, 3.63) is 29.8 Å². The van der Waals surface area contributed by atoms with Crippen molar-refractivity contribution in [1.29, 1.82) is 0 Å². The summed E-state index contributed by atoms with van der Waals surface area (Å²) in [5, 5.41) is 3.45. The Labute approximate surface area is 123 Å². The molecule has 0 amide bonds. The Morgan fingerprint density at radius 3 is 2.70 bits per heavy atom. The van der Waals surface area contributed by atoms with Gasteiger partial charge in [0.25, 0.3) is 0 Å². The fourth-order valence-corrected chi connectivity index (χ4v) is 2.80. The summed E-state index contributed by atoms with van der Waals surface area (Å²) < 4.78 is 5.50. The molecular weight excluding hydrogens is 248 g/mol. The zero-order valence-corrected chi connectivity index (χ0v) is 13.1. The van der Waals surface area contributed by atoms with Crippen molar-refractivity contribution in [3.8, 4) is 5.75 Å². The number of hydrogen-bond acceptors (Lipinski definition) is 3. The van der Waals surface area contributed by atoms with Gasteiger partial charge in [-0.25, -0.2) is 0 Å². The monoisotopic (exact) mass is 276 g/mol. The number of benzene rings is 1. The fourth-order valence-electron chi connectivity index (χ4n) is 2.80. The third kappa shape index (κ3) is 4.22. The fraction of sp³-hybridized carbons (Fsp3) is 0.647.